The van der Waals surface area contributed by atoms with Gasteiger partial charge >= 0.3 is 0 Å². The van der Waals surface area contributed by atoms with Crippen molar-refractivity contribution >= 4 is 5.91 Å². The lowest BCUT2D eigenvalue weighted by Crippen LogP contribution is -2.46. The van der Waals surface area contributed by atoms with Crippen LogP contribution in [0.3, 0.4) is 0 Å². The van der Waals surface area contributed by atoms with E-state index in [0.717, 1.165) is 25.8 Å². The van der Waals surface area contributed by atoms with Crippen LogP contribution in [0.2, 0.25) is 0 Å². The zero-order valence-corrected chi connectivity index (χ0v) is 11.4. The quantitative estimate of drug-likeness (QED) is 0.554. The summed E-state index contributed by atoms with van der Waals surface area (Å²) in [7, 11) is 0. The Hall–Kier alpha value is -0.830. The van der Waals surface area contributed by atoms with Crippen LogP contribution in [0.25, 0.3) is 0 Å². The lowest BCUT2D eigenvalue weighted by Gasteiger charge is -2.31. The molecule has 0 aromatic rings. The van der Waals surface area contributed by atoms with Crippen molar-refractivity contribution in [3.05, 3.63) is 12.2 Å². The van der Waals surface area contributed by atoms with E-state index in [1.54, 1.807) is 0 Å². The fraction of sp³-hybridized carbons (Fsp3) is 0.800. The van der Waals surface area contributed by atoms with Crippen molar-refractivity contribution < 1.29 is 9.53 Å². The molecule has 1 saturated carbocycles. The van der Waals surface area contributed by atoms with Gasteiger partial charge in [0.15, 0.2) is 5.72 Å². The zero-order valence-electron chi connectivity index (χ0n) is 11.4. The molecule has 4 atom stereocenters. The minimum atomic E-state index is -0.294. The smallest absolute Gasteiger partial charge is 0.228 e. The minimum absolute atomic E-state index is 0.220. The molecule has 0 radical (unpaired) electrons. The van der Waals surface area contributed by atoms with Crippen molar-refractivity contribution in [2.75, 3.05) is 13.2 Å². The summed E-state index contributed by atoms with van der Waals surface area (Å²) in [4.78, 5) is 14.7. The minimum Gasteiger partial charge on any atom is -0.348 e. The monoisotopic (exact) mass is 249 g/mol. The third kappa shape index (κ3) is 1.99. The van der Waals surface area contributed by atoms with Crippen LogP contribution in [0.15, 0.2) is 12.2 Å². The Balaban J connectivity index is 1.70. The molecule has 0 aromatic carbocycles. The first kappa shape index (κ1) is 12.2. The summed E-state index contributed by atoms with van der Waals surface area (Å²) in [6.45, 7) is 5.77. The van der Waals surface area contributed by atoms with E-state index in [-0.39, 0.29) is 11.6 Å². The van der Waals surface area contributed by atoms with Crippen molar-refractivity contribution in [3.8, 4) is 0 Å². The first-order valence-corrected chi connectivity index (χ1v) is 7.28. The SMILES string of the molecule is CCCCN(C(=O)C1CC2C=CC1C2)C1(C)CO1. The van der Waals surface area contributed by atoms with E-state index in [1.807, 2.05) is 11.8 Å². The van der Waals surface area contributed by atoms with E-state index in [0.29, 0.717) is 24.3 Å². The topological polar surface area (TPSA) is 32.8 Å². The molecule has 0 spiro atoms. The van der Waals surface area contributed by atoms with Gasteiger partial charge in [-0.05, 0) is 38.0 Å². The van der Waals surface area contributed by atoms with Crippen LogP contribution in [-0.4, -0.2) is 29.7 Å². The Morgan fingerprint density at radius 1 is 1.44 bits per heavy atom. The first-order chi connectivity index (χ1) is 8.64. The second-order valence-electron chi connectivity index (χ2n) is 6.19. The number of unbranched alkanes of at least 4 members (excludes halogenated alkanes) is 1. The van der Waals surface area contributed by atoms with E-state index in [9.17, 15) is 4.79 Å². The van der Waals surface area contributed by atoms with Crippen LogP contribution in [0.1, 0.15) is 39.5 Å². The highest BCUT2D eigenvalue weighted by molar-refractivity contribution is 5.81. The highest BCUT2D eigenvalue weighted by Crippen LogP contribution is 2.45. The number of allylic oxidation sites excluding steroid dienone is 2. The normalized spacial score (nSPS) is 40.2. The average Bonchev–Trinajstić information content (AvgIpc) is 2.81. The summed E-state index contributed by atoms with van der Waals surface area (Å²) in [5.74, 6) is 1.71. The standard InChI is InChI=1S/C15H23NO2/c1-3-4-7-16(15(2)10-18-15)14(17)13-9-11-5-6-12(13)8-11/h5-6,11-13H,3-4,7-10H2,1-2H3. The Kier molecular flexibility index (Phi) is 2.97. The maximum atomic E-state index is 12.7. The molecule has 100 valence electrons. The predicted octanol–water partition coefficient (Wildman–Crippen LogP) is 2.57. The van der Waals surface area contributed by atoms with Crippen molar-refractivity contribution in [2.24, 2.45) is 17.8 Å². The number of hydrogen-bond donors (Lipinski definition) is 0. The highest BCUT2D eigenvalue weighted by Gasteiger charge is 2.51. The Morgan fingerprint density at radius 2 is 2.22 bits per heavy atom. The Labute approximate surface area is 109 Å². The van der Waals surface area contributed by atoms with Crippen LogP contribution < -0.4 is 0 Å². The number of nitrogens with zero attached hydrogens (tertiary/aromatic N) is 1. The summed E-state index contributed by atoms with van der Waals surface area (Å²) in [5.41, 5.74) is -0.294. The fourth-order valence-corrected chi connectivity index (χ4v) is 3.42. The van der Waals surface area contributed by atoms with Gasteiger partial charge in [-0.15, -0.1) is 0 Å². The van der Waals surface area contributed by atoms with Gasteiger partial charge in [0.2, 0.25) is 5.91 Å². The van der Waals surface area contributed by atoms with Crippen LogP contribution in [0.4, 0.5) is 0 Å². The van der Waals surface area contributed by atoms with E-state index >= 15 is 0 Å². The van der Waals surface area contributed by atoms with Crippen molar-refractivity contribution in [1.29, 1.82) is 0 Å². The number of ether oxygens (including phenoxy) is 1. The Bertz CT molecular complexity index is 373. The molecule has 3 heteroatoms. The molecule has 18 heavy (non-hydrogen) atoms. The predicted molar refractivity (Wildman–Crippen MR) is 69.8 cm³/mol. The van der Waals surface area contributed by atoms with Crippen LogP contribution >= 0.6 is 0 Å². The van der Waals surface area contributed by atoms with Gasteiger partial charge < -0.3 is 9.64 Å². The maximum absolute atomic E-state index is 12.7. The number of hydrogen-bond acceptors (Lipinski definition) is 2. The summed E-state index contributed by atoms with van der Waals surface area (Å²) >= 11 is 0. The molecule has 2 aliphatic carbocycles. The largest absolute Gasteiger partial charge is 0.348 e. The molecule has 3 nitrogen and oxygen atoms in total. The van der Waals surface area contributed by atoms with Gasteiger partial charge in [-0.2, -0.15) is 0 Å². The van der Waals surface area contributed by atoms with E-state index < -0.39 is 0 Å². The molecule has 1 amide bonds. The molecular weight excluding hydrogens is 226 g/mol. The second kappa shape index (κ2) is 4.37. The lowest BCUT2D eigenvalue weighted by atomic mass is 9.91. The number of fused-ring (bicyclic) bond motifs is 2. The highest BCUT2D eigenvalue weighted by atomic mass is 16.6. The van der Waals surface area contributed by atoms with Crippen molar-refractivity contribution in [1.82, 2.24) is 4.90 Å². The van der Waals surface area contributed by atoms with Crippen LogP contribution in [0, 0.1) is 17.8 Å². The number of carbonyl (C=O) groups excluding carboxylic acids is 1. The molecule has 1 saturated heterocycles. The van der Waals surface area contributed by atoms with Crippen LogP contribution in [-0.2, 0) is 9.53 Å². The maximum Gasteiger partial charge on any atom is 0.228 e. The Morgan fingerprint density at radius 3 is 2.72 bits per heavy atom. The molecule has 2 bridgehead atoms. The lowest BCUT2D eigenvalue weighted by molar-refractivity contribution is -0.142. The van der Waals surface area contributed by atoms with Gasteiger partial charge in [0.05, 0.1) is 6.61 Å². The number of carbonyl (C=O) groups is 1. The molecule has 1 heterocycles. The molecular formula is C15H23NO2. The van der Waals surface area contributed by atoms with Gasteiger partial charge in [-0.3, -0.25) is 4.79 Å². The molecule has 1 aliphatic heterocycles. The summed E-state index contributed by atoms with van der Waals surface area (Å²) in [5, 5.41) is 0. The fourth-order valence-electron chi connectivity index (χ4n) is 3.42. The molecule has 3 aliphatic rings. The zero-order chi connectivity index (χ0) is 12.8. The third-order valence-electron chi connectivity index (χ3n) is 4.73. The summed E-state index contributed by atoms with van der Waals surface area (Å²) in [6, 6.07) is 0. The van der Waals surface area contributed by atoms with Crippen molar-refractivity contribution in [3.63, 3.8) is 0 Å². The van der Waals surface area contributed by atoms with Crippen molar-refractivity contribution in [2.45, 2.75) is 45.3 Å². The molecule has 2 fully saturated rings. The van der Waals surface area contributed by atoms with Gasteiger partial charge in [0, 0.05) is 12.5 Å². The molecule has 0 N–H and O–H groups in total. The van der Waals surface area contributed by atoms with Crippen LogP contribution in [0.5, 0.6) is 0 Å². The van der Waals surface area contributed by atoms with Gasteiger partial charge in [-0.25, -0.2) is 0 Å². The number of rotatable bonds is 5. The molecule has 3 rings (SSSR count). The summed E-state index contributed by atoms with van der Waals surface area (Å²) in [6.07, 6.45) is 8.98. The van der Waals surface area contributed by atoms with Gasteiger partial charge in [0.25, 0.3) is 0 Å². The second-order valence-corrected chi connectivity index (χ2v) is 6.19. The average molecular weight is 249 g/mol. The molecule has 4 unspecified atom stereocenters. The van der Waals surface area contributed by atoms with Gasteiger partial charge in [-0.1, -0.05) is 25.5 Å². The van der Waals surface area contributed by atoms with Gasteiger partial charge in [0.1, 0.15) is 0 Å². The number of epoxide rings is 1. The van der Waals surface area contributed by atoms with E-state index in [2.05, 4.69) is 19.1 Å². The van der Waals surface area contributed by atoms with E-state index in [4.69, 9.17) is 4.74 Å². The number of amides is 1. The molecule has 0 aromatic heterocycles. The summed E-state index contributed by atoms with van der Waals surface area (Å²) < 4.78 is 5.50. The van der Waals surface area contributed by atoms with E-state index in [1.165, 1.54) is 6.42 Å². The third-order valence-corrected chi connectivity index (χ3v) is 4.73. The first-order valence-electron chi connectivity index (χ1n) is 7.28.